The first-order valence-electron chi connectivity index (χ1n) is 7.48. The number of nitrogens with two attached hydrogens (primary N) is 1. The van der Waals surface area contributed by atoms with Crippen LogP contribution in [0.4, 0.5) is 4.79 Å². The topological polar surface area (TPSA) is 131 Å². The minimum Gasteiger partial charge on any atom is -0.453 e. The number of hydrogen-bond donors (Lipinski definition) is 3. The highest BCUT2D eigenvalue weighted by molar-refractivity contribution is 5.93. The van der Waals surface area contributed by atoms with Gasteiger partial charge in [-0.15, -0.1) is 0 Å². The van der Waals surface area contributed by atoms with Gasteiger partial charge in [0.2, 0.25) is 17.7 Å². The van der Waals surface area contributed by atoms with Crippen molar-refractivity contribution < 1.29 is 23.9 Å². The second-order valence-corrected chi connectivity index (χ2v) is 5.73. The third kappa shape index (κ3) is 5.11. The zero-order valence-corrected chi connectivity index (χ0v) is 13.6. The van der Waals surface area contributed by atoms with E-state index < -0.39 is 30.0 Å². The maximum absolute atomic E-state index is 12.7. The van der Waals surface area contributed by atoms with Crippen LogP contribution >= 0.6 is 0 Å². The standard InChI is InChI=1S/C14H24N4O5/c1-8(2)11(17-14(22)23-3)13(21)18-6-4-5-9(18)12(20)16-7-10(15)19/h8-9,11H,4-7H2,1-3H3,(H2,15,19)(H,16,20)(H,17,22). The van der Waals surface area contributed by atoms with Crippen molar-refractivity contribution in [1.82, 2.24) is 15.5 Å². The van der Waals surface area contributed by atoms with E-state index in [2.05, 4.69) is 15.4 Å². The molecule has 0 radical (unpaired) electrons. The summed E-state index contributed by atoms with van der Waals surface area (Å²) in [6, 6.07) is -1.45. The molecule has 0 aromatic carbocycles. The second kappa shape index (κ2) is 8.35. The Morgan fingerprint density at radius 1 is 1.30 bits per heavy atom. The first-order valence-corrected chi connectivity index (χ1v) is 7.48. The SMILES string of the molecule is COC(=O)NC(C(=O)N1CCCC1C(=O)NCC(N)=O)C(C)C. The van der Waals surface area contributed by atoms with Gasteiger partial charge in [0, 0.05) is 6.54 Å². The number of alkyl carbamates (subject to hydrolysis) is 1. The van der Waals surface area contributed by atoms with Crippen molar-refractivity contribution >= 4 is 23.8 Å². The molecule has 1 aliphatic heterocycles. The van der Waals surface area contributed by atoms with E-state index in [1.54, 1.807) is 13.8 Å². The van der Waals surface area contributed by atoms with Crippen LogP contribution in [0.3, 0.4) is 0 Å². The average Bonchev–Trinajstić information content (AvgIpc) is 2.98. The highest BCUT2D eigenvalue weighted by Gasteiger charge is 2.38. The Morgan fingerprint density at radius 2 is 1.96 bits per heavy atom. The van der Waals surface area contributed by atoms with E-state index in [1.807, 2.05) is 0 Å². The number of carbonyl (C=O) groups excluding carboxylic acids is 4. The summed E-state index contributed by atoms with van der Waals surface area (Å²) in [6.45, 7) is 3.72. The van der Waals surface area contributed by atoms with E-state index >= 15 is 0 Å². The molecule has 9 nitrogen and oxygen atoms in total. The summed E-state index contributed by atoms with van der Waals surface area (Å²) in [5.74, 6) is -1.59. The number of ether oxygens (including phenoxy) is 1. The second-order valence-electron chi connectivity index (χ2n) is 5.73. The molecule has 1 heterocycles. The largest absolute Gasteiger partial charge is 0.453 e. The molecule has 0 saturated carbocycles. The molecule has 0 aliphatic carbocycles. The van der Waals surface area contributed by atoms with Gasteiger partial charge in [-0.3, -0.25) is 14.4 Å². The average molecular weight is 328 g/mol. The fraction of sp³-hybridized carbons (Fsp3) is 0.714. The van der Waals surface area contributed by atoms with Crippen LogP contribution in [0.2, 0.25) is 0 Å². The molecular weight excluding hydrogens is 304 g/mol. The van der Waals surface area contributed by atoms with Crippen LogP contribution in [0, 0.1) is 5.92 Å². The van der Waals surface area contributed by atoms with Crippen LogP contribution in [0.15, 0.2) is 0 Å². The molecule has 4 amide bonds. The third-order valence-electron chi connectivity index (χ3n) is 3.67. The number of carbonyl (C=O) groups is 4. The number of methoxy groups -OCH3 is 1. The van der Waals surface area contributed by atoms with Crippen molar-refractivity contribution in [1.29, 1.82) is 0 Å². The van der Waals surface area contributed by atoms with Gasteiger partial charge in [-0.25, -0.2) is 4.79 Å². The summed E-state index contributed by atoms with van der Waals surface area (Å²) in [5, 5.41) is 4.90. The first-order chi connectivity index (χ1) is 10.8. The zero-order chi connectivity index (χ0) is 17.6. The molecule has 1 saturated heterocycles. The number of amides is 4. The quantitative estimate of drug-likeness (QED) is 0.573. The Kier molecular flexibility index (Phi) is 6.80. The van der Waals surface area contributed by atoms with Gasteiger partial charge in [0.15, 0.2) is 0 Å². The van der Waals surface area contributed by atoms with Gasteiger partial charge in [0.25, 0.3) is 0 Å². The van der Waals surface area contributed by atoms with Crippen molar-refractivity contribution in [2.75, 3.05) is 20.2 Å². The van der Waals surface area contributed by atoms with Crippen molar-refractivity contribution in [2.24, 2.45) is 11.7 Å². The molecule has 9 heteroatoms. The summed E-state index contributed by atoms with van der Waals surface area (Å²) >= 11 is 0. The van der Waals surface area contributed by atoms with Crippen LogP contribution in [0.5, 0.6) is 0 Å². The predicted octanol–water partition coefficient (Wildman–Crippen LogP) is -1.04. The Morgan fingerprint density at radius 3 is 2.48 bits per heavy atom. The molecule has 4 N–H and O–H groups in total. The van der Waals surface area contributed by atoms with E-state index in [0.29, 0.717) is 19.4 Å². The monoisotopic (exact) mass is 328 g/mol. The lowest BCUT2D eigenvalue weighted by atomic mass is 10.0. The molecule has 2 unspecified atom stereocenters. The van der Waals surface area contributed by atoms with Gasteiger partial charge < -0.3 is 26.0 Å². The molecule has 1 rings (SSSR count). The van der Waals surface area contributed by atoms with Gasteiger partial charge in [0.05, 0.1) is 13.7 Å². The number of nitrogens with one attached hydrogen (secondary N) is 2. The van der Waals surface area contributed by atoms with Crippen molar-refractivity contribution in [3.05, 3.63) is 0 Å². The van der Waals surface area contributed by atoms with E-state index in [-0.39, 0.29) is 18.4 Å². The molecule has 1 fully saturated rings. The van der Waals surface area contributed by atoms with Crippen LogP contribution in [0.1, 0.15) is 26.7 Å². The fourth-order valence-electron chi connectivity index (χ4n) is 2.47. The van der Waals surface area contributed by atoms with Gasteiger partial charge in [-0.2, -0.15) is 0 Å². The summed E-state index contributed by atoms with van der Waals surface area (Å²) in [6.07, 6.45) is 0.467. The van der Waals surface area contributed by atoms with Crippen molar-refractivity contribution in [2.45, 2.75) is 38.8 Å². The van der Waals surface area contributed by atoms with Crippen LogP contribution < -0.4 is 16.4 Å². The summed E-state index contributed by atoms with van der Waals surface area (Å²) in [4.78, 5) is 48.4. The maximum Gasteiger partial charge on any atom is 0.407 e. The number of nitrogens with zero attached hydrogens (tertiary/aromatic N) is 1. The minimum absolute atomic E-state index is 0.170. The lowest BCUT2D eigenvalue weighted by molar-refractivity contribution is -0.140. The molecular formula is C14H24N4O5. The zero-order valence-electron chi connectivity index (χ0n) is 13.6. The Balaban J connectivity index is 2.79. The van der Waals surface area contributed by atoms with Crippen molar-refractivity contribution in [3.8, 4) is 0 Å². The van der Waals surface area contributed by atoms with E-state index in [9.17, 15) is 19.2 Å². The highest BCUT2D eigenvalue weighted by Crippen LogP contribution is 2.20. The summed E-state index contributed by atoms with van der Waals surface area (Å²) in [7, 11) is 1.22. The molecule has 1 aliphatic rings. The lowest BCUT2D eigenvalue weighted by Gasteiger charge is -2.30. The molecule has 23 heavy (non-hydrogen) atoms. The van der Waals surface area contributed by atoms with Crippen LogP contribution in [-0.2, 0) is 19.1 Å². The van der Waals surface area contributed by atoms with Crippen LogP contribution in [-0.4, -0.2) is 61.0 Å². The van der Waals surface area contributed by atoms with Gasteiger partial charge in [0.1, 0.15) is 12.1 Å². The van der Waals surface area contributed by atoms with Crippen molar-refractivity contribution in [3.63, 3.8) is 0 Å². The molecule has 0 aromatic rings. The van der Waals surface area contributed by atoms with E-state index in [4.69, 9.17) is 5.73 Å². The number of likely N-dealkylation sites (tertiary alicyclic amines) is 1. The number of rotatable bonds is 6. The van der Waals surface area contributed by atoms with Gasteiger partial charge >= 0.3 is 6.09 Å². The summed E-state index contributed by atoms with van der Waals surface area (Å²) < 4.78 is 4.53. The highest BCUT2D eigenvalue weighted by atomic mass is 16.5. The van der Waals surface area contributed by atoms with E-state index in [1.165, 1.54) is 12.0 Å². The Hall–Kier alpha value is -2.32. The van der Waals surface area contributed by atoms with Gasteiger partial charge in [-0.1, -0.05) is 13.8 Å². The maximum atomic E-state index is 12.7. The lowest BCUT2D eigenvalue weighted by Crippen LogP contribution is -2.55. The predicted molar refractivity (Wildman–Crippen MR) is 81.1 cm³/mol. The van der Waals surface area contributed by atoms with E-state index in [0.717, 1.165) is 0 Å². The number of hydrogen-bond acceptors (Lipinski definition) is 5. The Bertz CT molecular complexity index is 480. The number of primary amides is 1. The molecule has 0 spiro atoms. The third-order valence-corrected chi connectivity index (χ3v) is 3.67. The normalized spacial score (nSPS) is 18.4. The summed E-state index contributed by atoms with van der Waals surface area (Å²) in [5.41, 5.74) is 5.00. The minimum atomic E-state index is -0.785. The molecule has 2 atom stereocenters. The molecule has 0 aromatic heterocycles. The first kappa shape index (κ1) is 18.7. The molecule has 130 valence electrons. The molecule has 0 bridgehead atoms. The Labute approximate surface area is 134 Å². The smallest absolute Gasteiger partial charge is 0.407 e. The van der Waals surface area contributed by atoms with Crippen LogP contribution in [0.25, 0.3) is 0 Å². The van der Waals surface area contributed by atoms with Gasteiger partial charge in [-0.05, 0) is 18.8 Å². The fourth-order valence-corrected chi connectivity index (χ4v) is 2.47.